The number of rotatable bonds is 4. The molecule has 3 aromatic heterocycles. The number of pyridine rings is 1. The van der Waals surface area contributed by atoms with Gasteiger partial charge in [-0.25, -0.2) is 18.4 Å². The zero-order chi connectivity index (χ0) is 19.5. The monoisotopic (exact) mass is 412 g/mol. The van der Waals surface area contributed by atoms with Gasteiger partial charge in [0.2, 0.25) is 4.80 Å². The molecule has 0 aliphatic carbocycles. The molecule has 140 valence electrons. The fourth-order valence-corrected chi connectivity index (χ4v) is 4.16. The van der Waals surface area contributed by atoms with Crippen molar-refractivity contribution in [2.45, 2.75) is 6.92 Å². The maximum absolute atomic E-state index is 14.1. The molecule has 0 saturated carbocycles. The van der Waals surface area contributed by atoms with Gasteiger partial charge in [-0.15, -0.1) is 22.7 Å². The molecule has 0 N–H and O–H groups in total. The smallest absolute Gasteiger partial charge is 0.211 e. The third-order valence-corrected chi connectivity index (χ3v) is 5.58. The predicted molar refractivity (Wildman–Crippen MR) is 109 cm³/mol. The minimum absolute atomic E-state index is 0.0559. The molecule has 1 aromatic carbocycles. The summed E-state index contributed by atoms with van der Waals surface area (Å²) in [6, 6.07) is 12.8. The van der Waals surface area contributed by atoms with Crippen molar-refractivity contribution in [3.05, 3.63) is 87.6 Å². The van der Waals surface area contributed by atoms with Gasteiger partial charge < -0.3 is 0 Å². The minimum atomic E-state index is -0.719. The van der Waals surface area contributed by atoms with Gasteiger partial charge in [-0.3, -0.25) is 4.98 Å². The highest BCUT2D eigenvalue weighted by atomic mass is 32.1. The Morgan fingerprint density at radius 1 is 1.07 bits per heavy atom. The first-order valence-electron chi connectivity index (χ1n) is 8.33. The second kappa shape index (κ2) is 7.95. The summed E-state index contributed by atoms with van der Waals surface area (Å²) in [5.41, 5.74) is 2.33. The molecule has 0 atom stereocenters. The maximum Gasteiger partial charge on any atom is 0.211 e. The molecule has 0 fully saturated rings. The van der Waals surface area contributed by atoms with Crippen molar-refractivity contribution < 1.29 is 8.78 Å². The van der Waals surface area contributed by atoms with Crippen molar-refractivity contribution >= 4 is 34.1 Å². The lowest BCUT2D eigenvalue weighted by molar-refractivity contribution is 0.584. The van der Waals surface area contributed by atoms with Crippen molar-refractivity contribution in [1.29, 1.82) is 0 Å². The first-order valence-corrected chi connectivity index (χ1v) is 10.1. The van der Waals surface area contributed by atoms with Crippen LogP contribution in [0.1, 0.15) is 12.6 Å². The van der Waals surface area contributed by atoms with Gasteiger partial charge in [0.05, 0.1) is 22.0 Å². The van der Waals surface area contributed by atoms with Crippen LogP contribution in [-0.4, -0.2) is 15.4 Å². The second-order valence-electron chi connectivity index (χ2n) is 5.80. The van der Waals surface area contributed by atoms with Gasteiger partial charge in [0.1, 0.15) is 11.5 Å². The summed E-state index contributed by atoms with van der Waals surface area (Å²) >= 11 is 2.91. The summed E-state index contributed by atoms with van der Waals surface area (Å²) < 4.78 is 29.0. The maximum atomic E-state index is 14.1. The summed E-state index contributed by atoms with van der Waals surface area (Å²) in [4.78, 5) is 10.2. The molecular weight excluding hydrogens is 398 g/mol. The van der Waals surface area contributed by atoms with E-state index >= 15 is 0 Å². The lowest BCUT2D eigenvalue weighted by Crippen LogP contribution is -2.14. The van der Waals surface area contributed by atoms with Crippen LogP contribution in [0.15, 0.2) is 75.6 Å². The van der Waals surface area contributed by atoms with Crippen LogP contribution in [0.2, 0.25) is 0 Å². The van der Waals surface area contributed by atoms with Crippen LogP contribution in [0, 0.1) is 11.6 Å². The molecule has 28 heavy (non-hydrogen) atoms. The summed E-state index contributed by atoms with van der Waals surface area (Å²) in [5, 5.41) is 8.58. The van der Waals surface area contributed by atoms with E-state index in [9.17, 15) is 8.78 Å². The van der Waals surface area contributed by atoms with Crippen LogP contribution in [0.3, 0.4) is 0 Å². The van der Waals surface area contributed by atoms with Gasteiger partial charge in [-0.1, -0.05) is 12.1 Å². The highest BCUT2D eigenvalue weighted by molar-refractivity contribution is 7.14. The van der Waals surface area contributed by atoms with Gasteiger partial charge in [0.25, 0.3) is 0 Å². The molecule has 0 aliphatic heterocycles. The standard InChI is InChI=1S/C20H14F2N4S2/c1-13(16-5-2-3-9-23-16)25-26-18(19-6-4-10-27-19)12-28-20(26)24-17-8-7-14(21)11-15(17)22/h2-12H,1H3. The number of thiazole rings is 1. The van der Waals surface area contributed by atoms with Gasteiger partial charge in [0, 0.05) is 17.6 Å². The molecule has 0 amide bonds. The van der Waals surface area contributed by atoms with E-state index in [0.29, 0.717) is 10.5 Å². The van der Waals surface area contributed by atoms with E-state index < -0.39 is 11.6 Å². The van der Waals surface area contributed by atoms with Gasteiger partial charge in [-0.2, -0.15) is 5.10 Å². The molecule has 0 radical (unpaired) electrons. The number of nitrogens with zero attached hydrogens (tertiary/aromatic N) is 4. The summed E-state index contributed by atoms with van der Waals surface area (Å²) in [6.45, 7) is 1.85. The second-order valence-corrected chi connectivity index (χ2v) is 7.58. The lowest BCUT2D eigenvalue weighted by atomic mass is 10.3. The first-order chi connectivity index (χ1) is 13.6. The zero-order valence-electron chi connectivity index (χ0n) is 14.7. The molecule has 0 aliphatic rings. The largest absolute Gasteiger partial charge is 0.255 e. The third kappa shape index (κ3) is 3.83. The molecule has 0 spiro atoms. The van der Waals surface area contributed by atoms with E-state index in [4.69, 9.17) is 0 Å². The number of hydrogen-bond acceptors (Lipinski definition) is 5. The number of benzene rings is 1. The Morgan fingerprint density at radius 2 is 1.96 bits per heavy atom. The number of halogens is 2. The van der Waals surface area contributed by atoms with Crippen LogP contribution in [-0.2, 0) is 0 Å². The molecule has 4 rings (SSSR count). The van der Waals surface area contributed by atoms with E-state index in [2.05, 4.69) is 15.1 Å². The SMILES string of the molecule is CC(=Nn1c(-c2cccs2)csc1=Nc1ccc(F)cc1F)c1ccccn1. The Morgan fingerprint density at radius 3 is 2.68 bits per heavy atom. The summed E-state index contributed by atoms with van der Waals surface area (Å²) in [5.74, 6) is -1.36. The minimum Gasteiger partial charge on any atom is -0.255 e. The van der Waals surface area contributed by atoms with E-state index in [0.717, 1.165) is 22.3 Å². The zero-order valence-corrected chi connectivity index (χ0v) is 16.3. The van der Waals surface area contributed by atoms with Gasteiger partial charge >= 0.3 is 0 Å². The normalized spacial score (nSPS) is 12.5. The average Bonchev–Trinajstić information content (AvgIpc) is 3.35. The number of hydrogen-bond donors (Lipinski definition) is 0. The topological polar surface area (TPSA) is 42.5 Å². The fraction of sp³-hybridized carbons (Fsp3) is 0.0500. The Bertz CT molecular complexity index is 1190. The Balaban J connectivity index is 1.89. The van der Waals surface area contributed by atoms with Crippen LogP contribution in [0.25, 0.3) is 10.6 Å². The molecule has 0 saturated heterocycles. The quantitative estimate of drug-likeness (QED) is 0.411. The van der Waals surface area contributed by atoms with Crippen LogP contribution < -0.4 is 4.80 Å². The first kappa shape index (κ1) is 18.4. The van der Waals surface area contributed by atoms with E-state index in [1.807, 2.05) is 48.0 Å². The average molecular weight is 412 g/mol. The van der Waals surface area contributed by atoms with Crippen molar-refractivity contribution in [2.75, 3.05) is 0 Å². The summed E-state index contributed by atoms with van der Waals surface area (Å²) in [6.07, 6.45) is 1.70. The molecule has 4 aromatic rings. The van der Waals surface area contributed by atoms with Gasteiger partial charge in [-0.05, 0) is 42.6 Å². The van der Waals surface area contributed by atoms with Gasteiger partial charge in [0.15, 0.2) is 5.82 Å². The number of aromatic nitrogens is 2. The highest BCUT2D eigenvalue weighted by Gasteiger charge is 2.11. The Hall–Kier alpha value is -2.97. The van der Waals surface area contributed by atoms with Crippen molar-refractivity contribution in [3.8, 4) is 10.6 Å². The van der Waals surface area contributed by atoms with Crippen molar-refractivity contribution in [2.24, 2.45) is 10.1 Å². The van der Waals surface area contributed by atoms with E-state index in [-0.39, 0.29) is 5.69 Å². The van der Waals surface area contributed by atoms with Crippen LogP contribution in [0.4, 0.5) is 14.5 Å². The highest BCUT2D eigenvalue weighted by Crippen LogP contribution is 2.26. The molecular formula is C20H14F2N4S2. The number of thiophene rings is 1. The molecule has 4 nitrogen and oxygen atoms in total. The van der Waals surface area contributed by atoms with E-state index in [1.54, 1.807) is 22.2 Å². The van der Waals surface area contributed by atoms with Crippen molar-refractivity contribution in [1.82, 2.24) is 9.66 Å². The molecule has 8 heteroatoms. The Labute approximate surface area is 167 Å². The predicted octanol–water partition coefficient (Wildman–Crippen LogP) is 5.46. The molecule has 3 heterocycles. The van der Waals surface area contributed by atoms with Crippen molar-refractivity contribution in [3.63, 3.8) is 0 Å². The fourth-order valence-electron chi connectivity index (χ4n) is 2.52. The molecule has 0 unspecified atom stereocenters. The lowest BCUT2D eigenvalue weighted by Gasteiger charge is -2.04. The van der Waals surface area contributed by atoms with Crippen LogP contribution in [0.5, 0.6) is 0 Å². The Kier molecular flexibility index (Phi) is 5.23. The third-order valence-electron chi connectivity index (χ3n) is 3.87. The van der Waals surface area contributed by atoms with E-state index in [1.165, 1.54) is 23.5 Å². The molecule has 0 bridgehead atoms. The van der Waals surface area contributed by atoms with Crippen LogP contribution >= 0.6 is 22.7 Å². The summed E-state index contributed by atoms with van der Waals surface area (Å²) in [7, 11) is 0.